The van der Waals surface area contributed by atoms with Gasteiger partial charge in [-0.3, -0.25) is 14.7 Å². The molecule has 0 saturated carbocycles. The molecule has 0 saturated heterocycles. The summed E-state index contributed by atoms with van der Waals surface area (Å²) in [7, 11) is 6.32. The zero-order valence-electron chi connectivity index (χ0n) is 28.9. The van der Waals surface area contributed by atoms with Gasteiger partial charge in [0.1, 0.15) is 0 Å². The van der Waals surface area contributed by atoms with Gasteiger partial charge in [-0.05, 0) is 151 Å². The molecule has 0 spiro atoms. The van der Waals surface area contributed by atoms with Crippen LogP contribution in [0.3, 0.4) is 0 Å². The molecule has 35 heavy (non-hydrogen) atoms. The number of rotatable bonds is 6. The van der Waals surface area contributed by atoms with Gasteiger partial charge in [-0.2, -0.15) is 0 Å². The average molecular weight is 503 g/mol. The van der Waals surface area contributed by atoms with E-state index in [9.17, 15) is 0 Å². The Bertz CT molecular complexity index is 440. The maximum absolute atomic E-state index is 2.49. The zero-order chi connectivity index (χ0) is 29.4. The molecule has 0 unspecified atom stereocenters. The number of hydrogen-bond acceptors (Lipinski definition) is 4. The van der Waals surface area contributed by atoms with Crippen LogP contribution in [0.1, 0.15) is 131 Å². The van der Waals surface area contributed by atoms with E-state index in [0.717, 1.165) is 19.6 Å². The van der Waals surface area contributed by atoms with Crippen LogP contribution in [0.25, 0.3) is 0 Å². The van der Waals surface area contributed by atoms with E-state index in [4.69, 9.17) is 0 Å². The number of hydrogen-bond donors (Lipinski definition) is 0. The highest BCUT2D eigenvalue weighted by molar-refractivity contribution is 4.75. The Morgan fingerprint density at radius 2 is 0.771 bits per heavy atom. The summed E-state index contributed by atoms with van der Waals surface area (Å²) in [5.41, 5.74) is 1.35. The standard InChI is InChI=1S/C9H21N.2C8H19N.C6H15N/c1-6-8-10(7-2)9(3,4)5;1-7(2)9(6)8(3,4)5;1-6-9(7-2)8(3,4)5;1-6(2,3)7(4)5/h6-8H2,1-5H3;7H,1-6H3;6-7H2,1-5H3;1-5H3. The molecule has 0 atom stereocenters. The maximum Gasteiger partial charge on any atom is 0.0124 e. The molecule has 0 aromatic rings. The highest BCUT2D eigenvalue weighted by atomic mass is 15.2. The zero-order valence-corrected chi connectivity index (χ0v) is 28.9. The minimum Gasteiger partial charge on any atom is -0.305 e. The second-order valence-corrected chi connectivity index (χ2v) is 14.0. The van der Waals surface area contributed by atoms with Gasteiger partial charge in [0.15, 0.2) is 0 Å². The molecule has 4 heteroatoms. The lowest BCUT2D eigenvalue weighted by molar-refractivity contribution is 0.136. The molecular formula is C31H74N4. The van der Waals surface area contributed by atoms with E-state index in [0.29, 0.717) is 28.2 Å². The van der Waals surface area contributed by atoms with Crippen molar-refractivity contribution in [3.05, 3.63) is 0 Å². The van der Waals surface area contributed by atoms with Crippen LogP contribution in [0.2, 0.25) is 0 Å². The van der Waals surface area contributed by atoms with E-state index in [1.807, 2.05) is 0 Å². The Labute approximate surface area is 226 Å². The van der Waals surface area contributed by atoms with Crippen LogP contribution in [-0.4, -0.2) is 95.1 Å². The normalized spacial score (nSPS) is 12.9. The van der Waals surface area contributed by atoms with Gasteiger partial charge >= 0.3 is 0 Å². The lowest BCUT2D eigenvalue weighted by atomic mass is 10.1. The Hall–Kier alpha value is -0.160. The van der Waals surface area contributed by atoms with Gasteiger partial charge in [0.2, 0.25) is 0 Å². The van der Waals surface area contributed by atoms with Gasteiger partial charge in [0.25, 0.3) is 0 Å². The predicted octanol–water partition coefficient (Wildman–Crippen LogP) is 8.12. The first-order chi connectivity index (χ1) is 15.3. The van der Waals surface area contributed by atoms with Gasteiger partial charge in [-0.1, -0.05) is 27.7 Å². The Morgan fingerprint density at radius 3 is 0.800 bits per heavy atom. The highest BCUT2D eigenvalue weighted by Crippen LogP contribution is 2.13. The van der Waals surface area contributed by atoms with Gasteiger partial charge in [-0.25, -0.2) is 0 Å². The summed E-state index contributed by atoms with van der Waals surface area (Å²) in [5, 5.41) is 0. The first-order valence-corrected chi connectivity index (χ1v) is 14.2. The Balaban J connectivity index is -0.000000184. The summed E-state index contributed by atoms with van der Waals surface area (Å²) < 4.78 is 0. The quantitative estimate of drug-likeness (QED) is 0.363. The van der Waals surface area contributed by atoms with Crippen LogP contribution < -0.4 is 0 Å². The summed E-state index contributed by atoms with van der Waals surface area (Å²) in [6.45, 7) is 44.8. The van der Waals surface area contributed by atoms with Crippen LogP contribution in [0.15, 0.2) is 0 Å². The van der Waals surface area contributed by atoms with E-state index < -0.39 is 0 Å². The molecule has 0 aliphatic heterocycles. The smallest absolute Gasteiger partial charge is 0.0124 e. The minimum atomic E-state index is 0.314. The lowest BCUT2D eigenvalue weighted by Gasteiger charge is -2.35. The van der Waals surface area contributed by atoms with Crippen molar-refractivity contribution >= 4 is 0 Å². The van der Waals surface area contributed by atoms with Crippen molar-refractivity contribution in [2.24, 2.45) is 0 Å². The number of nitrogens with zero attached hydrogens (tertiary/aromatic N) is 4. The summed E-state index contributed by atoms with van der Waals surface area (Å²) in [6, 6.07) is 0.644. The van der Waals surface area contributed by atoms with E-state index >= 15 is 0 Å². The molecule has 4 nitrogen and oxygen atoms in total. The van der Waals surface area contributed by atoms with Crippen molar-refractivity contribution in [2.45, 2.75) is 159 Å². The fraction of sp³-hybridized carbons (Fsp3) is 1.00. The van der Waals surface area contributed by atoms with E-state index in [2.05, 4.69) is 165 Å². The van der Waals surface area contributed by atoms with Crippen LogP contribution in [0.5, 0.6) is 0 Å². The second kappa shape index (κ2) is 19.0. The van der Waals surface area contributed by atoms with Crippen molar-refractivity contribution in [1.29, 1.82) is 0 Å². The van der Waals surface area contributed by atoms with Gasteiger partial charge in [0, 0.05) is 28.2 Å². The second-order valence-electron chi connectivity index (χ2n) is 14.0. The fourth-order valence-corrected chi connectivity index (χ4v) is 3.18. The Morgan fingerprint density at radius 1 is 0.486 bits per heavy atom. The molecule has 0 N–H and O–H groups in total. The van der Waals surface area contributed by atoms with E-state index in [-0.39, 0.29) is 0 Å². The average Bonchev–Trinajstić information content (AvgIpc) is 2.64. The Kier molecular flexibility index (Phi) is 22.8. The molecule has 218 valence electrons. The molecule has 0 aromatic heterocycles. The van der Waals surface area contributed by atoms with Crippen LogP contribution in [0, 0.1) is 0 Å². The third kappa shape index (κ3) is 25.3. The molecule has 0 heterocycles. The molecular weight excluding hydrogens is 428 g/mol. The van der Waals surface area contributed by atoms with Crippen LogP contribution >= 0.6 is 0 Å². The molecule has 0 aromatic carbocycles. The van der Waals surface area contributed by atoms with Gasteiger partial charge in [0.05, 0.1) is 0 Å². The topological polar surface area (TPSA) is 13.0 Å². The SMILES string of the molecule is CC(C)N(C)C(C)(C)C.CCCN(CC)C(C)(C)C.CCN(CC)C(C)(C)C.CN(C)C(C)(C)C. The molecule has 0 amide bonds. The van der Waals surface area contributed by atoms with Gasteiger partial charge < -0.3 is 4.90 Å². The van der Waals surface area contributed by atoms with Gasteiger partial charge in [-0.15, -0.1) is 0 Å². The van der Waals surface area contributed by atoms with Crippen molar-refractivity contribution in [3.8, 4) is 0 Å². The highest BCUT2D eigenvalue weighted by Gasteiger charge is 2.19. The largest absolute Gasteiger partial charge is 0.305 e. The van der Waals surface area contributed by atoms with Crippen molar-refractivity contribution < 1.29 is 0 Å². The maximum atomic E-state index is 2.49. The summed E-state index contributed by atoms with van der Waals surface area (Å²) >= 11 is 0. The summed E-state index contributed by atoms with van der Waals surface area (Å²) in [4.78, 5) is 9.47. The predicted molar refractivity (Wildman–Crippen MR) is 166 cm³/mol. The molecule has 0 radical (unpaired) electrons. The van der Waals surface area contributed by atoms with Crippen molar-refractivity contribution in [2.75, 3.05) is 47.3 Å². The molecule has 0 bridgehead atoms. The van der Waals surface area contributed by atoms with E-state index in [1.165, 1.54) is 13.0 Å². The first kappa shape index (κ1) is 41.9. The fourth-order valence-electron chi connectivity index (χ4n) is 3.18. The third-order valence-corrected chi connectivity index (χ3v) is 6.71. The first-order valence-electron chi connectivity index (χ1n) is 14.2. The molecule has 0 rings (SSSR count). The van der Waals surface area contributed by atoms with Crippen molar-refractivity contribution in [3.63, 3.8) is 0 Å². The summed E-state index contributed by atoms with van der Waals surface area (Å²) in [6.07, 6.45) is 1.26. The monoisotopic (exact) mass is 503 g/mol. The van der Waals surface area contributed by atoms with E-state index in [1.54, 1.807) is 0 Å². The molecule has 0 fully saturated rings. The third-order valence-electron chi connectivity index (χ3n) is 6.71. The summed E-state index contributed by atoms with van der Waals surface area (Å²) in [5.74, 6) is 0. The lowest BCUT2D eigenvalue weighted by Crippen LogP contribution is -2.42. The van der Waals surface area contributed by atoms with Crippen LogP contribution in [-0.2, 0) is 0 Å². The molecule has 0 aliphatic rings. The van der Waals surface area contributed by atoms with Crippen LogP contribution in [0.4, 0.5) is 0 Å². The minimum absolute atomic E-state index is 0.314. The molecule has 0 aliphatic carbocycles. The van der Waals surface area contributed by atoms with Crippen molar-refractivity contribution in [1.82, 2.24) is 19.6 Å².